The van der Waals surface area contributed by atoms with Crippen LogP contribution in [0.25, 0.3) is 0 Å². The van der Waals surface area contributed by atoms with E-state index in [4.69, 9.17) is 9.47 Å². The van der Waals surface area contributed by atoms with Gasteiger partial charge in [-0.05, 0) is 7.05 Å². The topological polar surface area (TPSA) is 37.0 Å². The number of nitrogens with one attached hydrogen (secondary N) is 1. The fraction of sp³-hybridized carbons (Fsp3) is 1.00. The average Bonchev–Trinajstić information content (AvgIpc) is 2.22. The molecule has 0 unspecified atom stereocenters. The average molecular weight is 203 g/mol. The first-order valence-corrected chi connectivity index (χ1v) is 4.99. The summed E-state index contributed by atoms with van der Waals surface area (Å²) in [7, 11) is 5.45. The van der Waals surface area contributed by atoms with E-state index in [9.17, 15) is 0 Å². The third-order valence-electron chi connectivity index (χ3n) is 2.51. The van der Waals surface area contributed by atoms with E-state index in [-0.39, 0.29) is 6.29 Å². The number of hydrazine groups is 1. The lowest BCUT2D eigenvalue weighted by Crippen LogP contribution is -2.52. The van der Waals surface area contributed by atoms with Gasteiger partial charge < -0.3 is 14.4 Å². The minimum absolute atomic E-state index is 0.158. The lowest BCUT2D eigenvalue weighted by Gasteiger charge is -2.33. The predicted molar refractivity (Wildman–Crippen MR) is 54.9 cm³/mol. The highest BCUT2D eigenvalue weighted by atomic mass is 16.7. The number of likely N-dealkylation sites (N-methyl/N-ethyl adjacent to an activating group) is 1. The van der Waals surface area contributed by atoms with Gasteiger partial charge in [-0.15, -0.1) is 0 Å². The van der Waals surface area contributed by atoms with Crippen molar-refractivity contribution in [2.75, 3.05) is 54.0 Å². The molecule has 0 aromatic carbocycles. The van der Waals surface area contributed by atoms with Crippen molar-refractivity contribution in [2.24, 2.45) is 0 Å². The van der Waals surface area contributed by atoms with E-state index in [1.54, 1.807) is 14.2 Å². The number of piperazine rings is 1. The van der Waals surface area contributed by atoms with E-state index in [0.29, 0.717) is 6.54 Å². The van der Waals surface area contributed by atoms with Crippen molar-refractivity contribution in [3.05, 3.63) is 0 Å². The molecule has 1 heterocycles. The fourth-order valence-corrected chi connectivity index (χ4v) is 1.43. The molecule has 5 nitrogen and oxygen atoms in total. The van der Waals surface area contributed by atoms with Crippen LogP contribution in [0.3, 0.4) is 0 Å². The van der Waals surface area contributed by atoms with Crippen LogP contribution in [0, 0.1) is 0 Å². The summed E-state index contributed by atoms with van der Waals surface area (Å²) in [4.78, 5) is 2.32. The fourth-order valence-electron chi connectivity index (χ4n) is 1.43. The van der Waals surface area contributed by atoms with Gasteiger partial charge in [-0.2, -0.15) is 0 Å². The van der Waals surface area contributed by atoms with Gasteiger partial charge in [0.1, 0.15) is 0 Å². The van der Waals surface area contributed by atoms with Gasteiger partial charge in [-0.1, -0.05) is 0 Å². The molecular weight excluding hydrogens is 182 g/mol. The zero-order chi connectivity index (χ0) is 10.4. The molecule has 1 saturated heterocycles. The van der Waals surface area contributed by atoms with Crippen LogP contribution >= 0.6 is 0 Å². The van der Waals surface area contributed by atoms with E-state index >= 15 is 0 Å². The molecule has 1 aliphatic rings. The minimum atomic E-state index is -0.158. The second kappa shape index (κ2) is 6.31. The van der Waals surface area contributed by atoms with E-state index in [1.807, 2.05) is 0 Å². The third kappa shape index (κ3) is 3.89. The van der Waals surface area contributed by atoms with Crippen LogP contribution in [0.4, 0.5) is 0 Å². The summed E-state index contributed by atoms with van der Waals surface area (Å²) < 4.78 is 10.2. The standard InChI is InChI=1S/C9H21N3O2/c1-11-4-6-12(7-5-11)10-8-9(13-2)14-3/h9-10H,4-8H2,1-3H3. The molecule has 14 heavy (non-hydrogen) atoms. The summed E-state index contributed by atoms with van der Waals surface area (Å²) in [5.74, 6) is 0. The van der Waals surface area contributed by atoms with Gasteiger partial charge in [-0.25, -0.2) is 5.01 Å². The number of hydrogen-bond acceptors (Lipinski definition) is 5. The second-order valence-electron chi connectivity index (χ2n) is 3.55. The van der Waals surface area contributed by atoms with Crippen LogP contribution in [0.15, 0.2) is 0 Å². The van der Waals surface area contributed by atoms with Crippen LogP contribution in [0.5, 0.6) is 0 Å². The van der Waals surface area contributed by atoms with E-state index in [0.717, 1.165) is 26.2 Å². The van der Waals surface area contributed by atoms with Crippen LogP contribution in [0.2, 0.25) is 0 Å². The Kier molecular flexibility index (Phi) is 5.36. The first-order valence-electron chi connectivity index (χ1n) is 4.99. The minimum Gasteiger partial charge on any atom is -0.354 e. The number of hydrogen-bond donors (Lipinski definition) is 1. The van der Waals surface area contributed by atoms with Gasteiger partial charge in [-0.3, -0.25) is 5.43 Å². The zero-order valence-corrected chi connectivity index (χ0v) is 9.32. The van der Waals surface area contributed by atoms with Gasteiger partial charge >= 0.3 is 0 Å². The Bertz CT molecular complexity index is 145. The van der Waals surface area contributed by atoms with Crippen molar-refractivity contribution in [3.63, 3.8) is 0 Å². The molecule has 5 heteroatoms. The number of ether oxygens (including phenoxy) is 2. The summed E-state index contributed by atoms with van der Waals surface area (Å²) in [5.41, 5.74) is 3.30. The molecule has 0 saturated carbocycles. The summed E-state index contributed by atoms with van der Waals surface area (Å²) in [6, 6.07) is 0. The molecule has 1 N–H and O–H groups in total. The molecular formula is C9H21N3O2. The predicted octanol–water partition coefficient (Wildman–Crippen LogP) is -0.643. The van der Waals surface area contributed by atoms with Gasteiger partial charge in [0.15, 0.2) is 6.29 Å². The Morgan fingerprint density at radius 3 is 2.21 bits per heavy atom. The van der Waals surface area contributed by atoms with Gasteiger partial charge in [0, 0.05) is 40.4 Å². The van der Waals surface area contributed by atoms with Crippen molar-refractivity contribution in [3.8, 4) is 0 Å². The Hall–Kier alpha value is -0.200. The maximum atomic E-state index is 5.09. The van der Waals surface area contributed by atoms with Crippen LogP contribution in [-0.2, 0) is 9.47 Å². The Labute approximate surface area is 85.9 Å². The molecule has 1 aliphatic heterocycles. The Morgan fingerprint density at radius 1 is 1.14 bits per heavy atom. The lowest BCUT2D eigenvalue weighted by atomic mass is 10.4. The Balaban J connectivity index is 2.12. The van der Waals surface area contributed by atoms with Gasteiger partial charge in [0.05, 0.1) is 6.54 Å². The smallest absolute Gasteiger partial charge is 0.170 e. The van der Waals surface area contributed by atoms with Crippen LogP contribution in [0.1, 0.15) is 0 Å². The molecule has 1 rings (SSSR count). The summed E-state index contributed by atoms with van der Waals surface area (Å²) in [6.07, 6.45) is -0.158. The van der Waals surface area contributed by atoms with Crippen molar-refractivity contribution in [2.45, 2.75) is 6.29 Å². The molecule has 0 amide bonds. The van der Waals surface area contributed by atoms with Gasteiger partial charge in [0.2, 0.25) is 0 Å². The SMILES string of the molecule is COC(CNN1CCN(C)CC1)OC. The quantitative estimate of drug-likeness (QED) is 0.601. The molecule has 0 atom stereocenters. The summed E-state index contributed by atoms with van der Waals surface area (Å²) in [6.45, 7) is 5.03. The number of rotatable bonds is 5. The van der Waals surface area contributed by atoms with Crippen molar-refractivity contribution >= 4 is 0 Å². The number of nitrogens with zero attached hydrogens (tertiary/aromatic N) is 2. The van der Waals surface area contributed by atoms with Gasteiger partial charge in [0.25, 0.3) is 0 Å². The van der Waals surface area contributed by atoms with E-state index in [2.05, 4.69) is 22.4 Å². The van der Waals surface area contributed by atoms with Crippen LogP contribution < -0.4 is 5.43 Å². The molecule has 1 fully saturated rings. The first kappa shape index (κ1) is 11.9. The largest absolute Gasteiger partial charge is 0.354 e. The normalized spacial score (nSPS) is 20.6. The molecule has 0 spiro atoms. The molecule has 0 bridgehead atoms. The highest BCUT2D eigenvalue weighted by molar-refractivity contribution is 4.66. The molecule has 0 radical (unpaired) electrons. The highest BCUT2D eigenvalue weighted by Crippen LogP contribution is 1.96. The van der Waals surface area contributed by atoms with Crippen LogP contribution in [-0.4, -0.2) is 70.2 Å². The number of methoxy groups -OCH3 is 2. The summed E-state index contributed by atoms with van der Waals surface area (Å²) >= 11 is 0. The maximum Gasteiger partial charge on any atom is 0.170 e. The van der Waals surface area contributed by atoms with Crippen molar-refractivity contribution < 1.29 is 9.47 Å². The zero-order valence-electron chi connectivity index (χ0n) is 9.32. The molecule has 0 aliphatic carbocycles. The second-order valence-corrected chi connectivity index (χ2v) is 3.55. The first-order chi connectivity index (χ1) is 6.76. The summed E-state index contributed by atoms with van der Waals surface area (Å²) in [5, 5.41) is 2.21. The van der Waals surface area contributed by atoms with Crippen molar-refractivity contribution in [1.82, 2.24) is 15.3 Å². The Morgan fingerprint density at radius 2 is 1.71 bits per heavy atom. The third-order valence-corrected chi connectivity index (χ3v) is 2.51. The molecule has 0 aromatic heterocycles. The van der Waals surface area contributed by atoms with E-state index in [1.165, 1.54) is 0 Å². The molecule has 0 aromatic rings. The molecule has 84 valence electrons. The van der Waals surface area contributed by atoms with Crippen molar-refractivity contribution in [1.29, 1.82) is 0 Å². The lowest BCUT2D eigenvalue weighted by molar-refractivity contribution is -0.108. The monoisotopic (exact) mass is 203 g/mol. The highest BCUT2D eigenvalue weighted by Gasteiger charge is 2.14. The van der Waals surface area contributed by atoms with E-state index < -0.39 is 0 Å². The maximum absolute atomic E-state index is 5.09.